The maximum atomic E-state index is 12.9. The molecule has 0 bridgehead atoms. The smallest absolute Gasteiger partial charge is 0.407 e. The van der Waals surface area contributed by atoms with Gasteiger partial charge in [0.05, 0.1) is 19.8 Å². The third-order valence-corrected chi connectivity index (χ3v) is 5.56. The Labute approximate surface area is 169 Å². The van der Waals surface area contributed by atoms with Gasteiger partial charge in [0, 0.05) is 0 Å². The van der Waals surface area contributed by atoms with Crippen LogP contribution in [0, 0.1) is 0 Å². The minimum Gasteiger partial charge on any atom is -0.464 e. The Morgan fingerprint density at radius 1 is 0.966 bits per heavy atom. The summed E-state index contributed by atoms with van der Waals surface area (Å²) in [6.45, 7) is 4.21. The molecule has 1 aromatic carbocycles. The second kappa shape index (κ2) is 12.9. The third-order valence-electron chi connectivity index (χ3n) is 3.35. The molecule has 1 aromatic rings. The highest BCUT2D eigenvalue weighted by atomic mass is 31.2. The second-order valence-corrected chi connectivity index (χ2v) is 7.63. The maximum absolute atomic E-state index is 12.9. The molecule has 0 saturated heterocycles. The summed E-state index contributed by atoms with van der Waals surface area (Å²) in [4.78, 5) is 36.1. The van der Waals surface area contributed by atoms with E-state index in [-0.39, 0.29) is 26.4 Å². The molecule has 1 rings (SSSR count). The van der Waals surface area contributed by atoms with Gasteiger partial charge in [-0.2, -0.15) is 0 Å². The topological polar surface area (TPSA) is 129 Å². The molecule has 0 aromatic heterocycles. The van der Waals surface area contributed by atoms with Gasteiger partial charge < -0.3 is 29.2 Å². The Morgan fingerprint density at radius 2 is 1.59 bits per heavy atom. The van der Waals surface area contributed by atoms with Crippen LogP contribution < -0.4 is 10.6 Å². The zero-order valence-electron chi connectivity index (χ0n) is 16.7. The number of hydrogen-bond acceptors (Lipinski definition) is 8. The van der Waals surface area contributed by atoms with Gasteiger partial charge in [-0.3, -0.25) is 9.36 Å². The average Bonchev–Trinajstić information content (AvgIpc) is 2.70. The Morgan fingerprint density at radius 3 is 2.14 bits per heavy atom. The van der Waals surface area contributed by atoms with Crippen LogP contribution in [0.5, 0.6) is 0 Å². The van der Waals surface area contributed by atoms with Gasteiger partial charge >= 0.3 is 19.7 Å². The molecule has 0 radical (unpaired) electrons. The highest BCUT2D eigenvalue weighted by Gasteiger charge is 2.43. The van der Waals surface area contributed by atoms with Crippen molar-refractivity contribution in [1.29, 1.82) is 0 Å². The van der Waals surface area contributed by atoms with Crippen molar-refractivity contribution in [2.75, 3.05) is 26.4 Å². The fourth-order valence-corrected chi connectivity index (χ4v) is 3.89. The molecule has 29 heavy (non-hydrogen) atoms. The molecule has 0 heterocycles. The van der Waals surface area contributed by atoms with Crippen LogP contribution in [0.4, 0.5) is 4.79 Å². The zero-order valence-corrected chi connectivity index (χ0v) is 17.6. The van der Waals surface area contributed by atoms with Gasteiger partial charge in [0.1, 0.15) is 13.2 Å². The number of carbonyl (C=O) groups is 3. The molecule has 162 valence electrons. The van der Waals surface area contributed by atoms with E-state index in [1.54, 1.807) is 45.0 Å². The first kappa shape index (κ1) is 24.6. The first-order valence-electron chi connectivity index (χ1n) is 9.15. The number of nitrogens with one attached hydrogen (secondary N) is 2. The van der Waals surface area contributed by atoms with Gasteiger partial charge in [-0.1, -0.05) is 30.3 Å². The predicted molar refractivity (Wildman–Crippen MR) is 104 cm³/mol. The van der Waals surface area contributed by atoms with Crippen LogP contribution in [0.1, 0.15) is 26.3 Å². The molecule has 0 fully saturated rings. The Bertz CT molecular complexity index is 703. The Balaban J connectivity index is 2.65. The van der Waals surface area contributed by atoms with E-state index in [4.69, 9.17) is 18.5 Å². The van der Waals surface area contributed by atoms with E-state index in [0.29, 0.717) is 0 Å². The highest BCUT2D eigenvalue weighted by Crippen LogP contribution is 2.52. The minimum atomic E-state index is -4.02. The molecular formula is C18H27N2O8P. The van der Waals surface area contributed by atoms with E-state index >= 15 is 0 Å². The lowest BCUT2D eigenvalue weighted by Crippen LogP contribution is -2.46. The molecule has 11 heteroatoms. The predicted octanol–water partition coefficient (Wildman–Crippen LogP) is 2.18. The summed E-state index contributed by atoms with van der Waals surface area (Å²) < 4.78 is 33.0. The minimum absolute atomic E-state index is 0.00683. The Hall–Kier alpha value is -2.42. The molecule has 2 N–H and O–H groups in total. The molecule has 0 saturated carbocycles. The lowest BCUT2D eigenvalue weighted by Gasteiger charge is -2.25. The van der Waals surface area contributed by atoms with Gasteiger partial charge in [0.15, 0.2) is 0 Å². The molecule has 0 aliphatic rings. The fourth-order valence-electron chi connectivity index (χ4n) is 2.16. The monoisotopic (exact) mass is 430 g/mol. The number of hydrogen-bond donors (Lipinski definition) is 2. The molecule has 0 spiro atoms. The number of ether oxygens (including phenoxy) is 2. The van der Waals surface area contributed by atoms with Crippen molar-refractivity contribution in [2.24, 2.45) is 0 Å². The zero-order chi connectivity index (χ0) is 21.7. The summed E-state index contributed by atoms with van der Waals surface area (Å²) in [6.07, 6.45) is -0.825. The summed E-state index contributed by atoms with van der Waals surface area (Å²) in [6, 6.07) is 8.99. The lowest BCUT2D eigenvalue weighted by atomic mass is 10.2. The van der Waals surface area contributed by atoms with Crippen molar-refractivity contribution < 1.29 is 37.5 Å². The summed E-state index contributed by atoms with van der Waals surface area (Å²) in [7, 11) is -4.02. The molecule has 1 atom stereocenters. The first-order valence-corrected chi connectivity index (χ1v) is 10.8. The van der Waals surface area contributed by atoms with E-state index in [1.807, 2.05) is 6.07 Å². The highest BCUT2D eigenvalue weighted by molar-refractivity contribution is 7.55. The van der Waals surface area contributed by atoms with Crippen molar-refractivity contribution >= 4 is 25.6 Å². The number of benzene rings is 1. The van der Waals surface area contributed by atoms with Gasteiger partial charge in [-0.15, -0.1) is 0 Å². The third kappa shape index (κ3) is 8.64. The summed E-state index contributed by atoms with van der Waals surface area (Å²) in [5.41, 5.74) is 0.781. The van der Waals surface area contributed by atoms with E-state index < -0.39 is 37.9 Å². The van der Waals surface area contributed by atoms with Crippen molar-refractivity contribution in [3.63, 3.8) is 0 Å². The summed E-state index contributed by atoms with van der Waals surface area (Å²) in [5, 5.41) is 4.49. The SMILES string of the molecule is CCOC(=O)[C@@H](NC(=O)CNC(=O)OCc1ccccc1)P(=O)(OCC)OCC. The number of alkyl carbamates (subject to hydrolysis) is 1. The Kier molecular flexibility index (Phi) is 11.0. The van der Waals surface area contributed by atoms with Crippen LogP contribution in [0.2, 0.25) is 0 Å². The molecule has 0 unspecified atom stereocenters. The van der Waals surface area contributed by atoms with Crippen LogP contribution in [0.15, 0.2) is 30.3 Å². The summed E-state index contributed by atoms with van der Waals surface area (Å²) in [5.74, 6) is -3.41. The maximum Gasteiger partial charge on any atom is 0.407 e. The van der Waals surface area contributed by atoms with Gasteiger partial charge in [0.25, 0.3) is 0 Å². The van der Waals surface area contributed by atoms with Gasteiger partial charge in [-0.25, -0.2) is 9.59 Å². The van der Waals surface area contributed by atoms with Crippen molar-refractivity contribution in [3.8, 4) is 0 Å². The molecule has 2 amide bonds. The average molecular weight is 430 g/mol. The van der Waals surface area contributed by atoms with E-state index in [2.05, 4.69) is 10.6 Å². The first-order chi connectivity index (χ1) is 13.9. The standard InChI is InChI=1S/C18H27N2O8P/c1-4-25-17(22)16(29(24,27-5-2)28-6-3)20-15(21)12-19-18(23)26-13-14-10-8-7-9-11-14/h7-11,16H,4-6,12-13H2,1-3H3,(H,19,23)(H,20,21)/t16-/m0/s1. The molecular weight excluding hydrogens is 403 g/mol. The molecule has 0 aliphatic heterocycles. The van der Waals surface area contributed by atoms with Crippen LogP contribution >= 0.6 is 7.60 Å². The van der Waals surface area contributed by atoms with E-state index in [9.17, 15) is 18.9 Å². The van der Waals surface area contributed by atoms with Crippen molar-refractivity contribution in [3.05, 3.63) is 35.9 Å². The van der Waals surface area contributed by atoms with Crippen LogP contribution in [-0.2, 0) is 39.3 Å². The molecule has 0 aliphatic carbocycles. The van der Waals surface area contributed by atoms with Crippen LogP contribution in [0.3, 0.4) is 0 Å². The quantitative estimate of drug-likeness (QED) is 0.381. The number of amides is 2. The van der Waals surface area contributed by atoms with Crippen LogP contribution in [0.25, 0.3) is 0 Å². The molecule has 10 nitrogen and oxygen atoms in total. The van der Waals surface area contributed by atoms with Gasteiger partial charge in [-0.05, 0) is 26.3 Å². The number of carbonyl (C=O) groups excluding carboxylic acids is 3. The van der Waals surface area contributed by atoms with Crippen molar-refractivity contribution in [1.82, 2.24) is 10.6 Å². The van der Waals surface area contributed by atoms with Crippen molar-refractivity contribution in [2.45, 2.75) is 33.2 Å². The number of rotatable bonds is 12. The van der Waals surface area contributed by atoms with Crippen LogP contribution in [-0.4, -0.2) is 50.1 Å². The lowest BCUT2D eigenvalue weighted by molar-refractivity contribution is -0.145. The van der Waals surface area contributed by atoms with E-state index in [1.165, 1.54) is 0 Å². The normalized spacial score (nSPS) is 12.0. The number of esters is 1. The largest absolute Gasteiger partial charge is 0.464 e. The van der Waals surface area contributed by atoms with Gasteiger partial charge in [0.2, 0.25) is 11.7 Å². The fraction of sp³-hybridized carbons (Fsp3) is 0.500. The van der Waals surface area contributed by atoms with E-state index in [0.717, 1.165) is 5.56 Å². The summed E-state index contributed by atoms with van der Waals surface area (Å²) >= 11 is 0. The second-order valence-electron chi connectivity index (χ2n) is 5.51.